The number of piperidine rings is 1. The van der Waals surface area contributed by atoms with Gasteiger partial charge in [0.1, 0.15) is 5.75 Å². The molecule has 110 valence electrons. The summed E-state index contributed by atoms with van der Waals surface area (Å²) in [4.78, 5) is 14.1. The van der Waals surface area contributed by atoms with Crippen LogP contribution in [-0.4, -0.2) is 48.8 Å². The lowest BCUT2D eigenvalue weighted by Crippen LogP contribution is -2.40. The summed E-state index contributed by atoms with van der Waals surface area (Å²) < 4.78 is 5.19. The van der Waals surface area contributed by atoms with Gasteiger partial charge in [0.15, 0.2) is 0 Å². The van der Waals surface area contributed by atoms with E-state index in [2.05, 4.69) is 5.32 Å². The second-order valence-corrected chi connectivity index (χ2v) is 5.34. The maximum absolute atomic E-state index is 12.0. The molecular weight excluding hydrogens is 280 g/mol. The van der Waals surface area contributed by atoms with Crippen molar-refractivity contribution in [3.63, 3.8) is 0 Å². The number of nitrogens with zero attached hydrogens (tertiary/aromatic N) is 1. The molecule has 0 aliphatic carbocycles. The second-order valence-electron chi connectivity index (χ2n) is 4.90. The minimum absolute atomic E-state index is 0.109. The lowest BCUT2D eigenvalue weighted by molar-refractivity contribution is -0.117. The number of nitrogens with one attached hydrogen (secondary N) is 1. The van der Waals surface area contributed by atoms with Crippen LogP contribution in [0.4, 0.5) is 5.69 Å². The lowest BCUT2D eigenvalue weighted by atomic mass is 10.1. The van der Waals surface area contributed by atoms with E-state index in [0.29, 0.717) is 35.8 Å². The van der Waals surface area contributed by atoms with Gasteiger partial charge in [-0.05, 0) is 31.0 Å². The van der Waals surface area contributed by atoms with Crippen molar-refractivity contribution in [1.82, 2.24) is 4.90 Å². The molecule has 1 fully saturated rings. The van der Waals surface area contributed by atoms with Gasteiger partial charge in [0.2, 0.25) is 5.91 Å². The number of methoxy groups -OCH3 is 1. The molecule has 1 heterocycles. The summed E-state index contributed by atoms with van der Waals surface area (Å²) in [6.45, 7) is 1.78. The minimum atomic E-state index is -0.234. The molecule has 0 unspecified atom stereocenters. The Kier molecular flexibility index (Phi) is 5.23. The Labute approximate surface area is 123 Å². The summed E-state index contributed by atoms with van der Waals surface area (Å²) in [5.41, 5.74) is 0.571. The fourth-order valence-corrected chi connectivity index (χ4v) is 2.42. The molecule has 2 N–H and O–H groups in total. The topological polar surface area (TPSA) is 61.8 Å². The minimum Gasteiger partial charge on any atom is -0.495 e. The van der Waals surface area contributed by atoms with Crippen molar-refractivity contribution in [2.24, 2.45) is 0 Å². The fraction of sp³-hybridized carbons (Fsp3) is 0.500. The van der Waals surface area contributed by atoms with E-state index in [1.807, 2.05) is 4.90 Å². The number of hydrogen-bond acceptors (Lipinski definition) is 4. The van der Waals surface area contributed by atoms with Crippen molar-refractivity contribution in [3.8, 4) is 5.75 Å². The Morgan fingerprint density at radius 1 is 1.50 bits per heavy atom. The summed E-state index contributed by atoms with van der Waals surface area (Å²) in [5.74, 6) is 0.471. The van der Waals surface area contributed by atoms with E-state index in [0.717, 1.165) is 13.1 Å². The van der Waals surface area contributed by atoms with Crippen molar-refractivity contribution in [3.05, 3.63) is 23.2 Å². The molecule has 0 aromatic heterocycles. The summed E-state index contributed by atoms with van der Waals surface area (Å²) in [7, 11) is 1.55. The number of aliphatic hydroxyl groups is 1. The van der Waals surface area contributed by atoms with Gasteiger partial charge in [0, 0.05) is 18.1 Å². The zero-order chi connectivity index (χ0) is 14.5. The van der Waals surface area contributed by atoms with Crippen molar-refractivity contribution >= 4 is 23.2 Å². The number of halogens is 1. The Bertz CT molecular complexity index is 473. The van der Waals surface area contributed by atoms with E-state index in [1.165, 1.54) is 0 Å². The maximum Gasteiger partial charge on any atom is 0.238 e. The number of ether oxygens (including phenoxy) is 1. The molecule has 0 saturated carbocycles. The number of aliphatic hydroxyl groups excluding tert-OH is 1. The average Bonchev–Trinajstić information content (AvgIpc) is 2.41. The van der Waals surface area contributed by atoms with E-state index in [-0.39, 0.29) is 12.0 Å². The molecule has 6 heteroatoms. The zero-order valence-electron chi connectivity index (χ0n) is 11.4. The van der Waals surface area contributed by atoms with Crippen molar-refractivity contribution in [2.75, 3.05) is 32.1 Å². The van der Waals surface area contributed by atoms with Crippen LogP contribution in [0.2, 0.25) is 5.02 Å². The number of carbonyl (C=O) groups is 1. The van der Waals surface area contributed by atoms with E-state index in [1.54, 1.807) is 25.3 Å². The summed E-state index contributed by atoms with van der Waals surface area (Å²) in [6.07, 6.45) is 1.20. The molecule has 5 nitrogen and oxygen atoms in total. The summed E-state index contributed by atoms with van der Waals surface area (Å²) >= 11 is 5.92. The fourth-order valence-electron chi connectivity index (χ4n) is 2.25. The largest absolute Gasteiger partial charge is 0.495 e. The third kappa shape index (κ3) is 4.10. The molecule has 1 saturated heterocycles. The summed E-state index contributed by atoms with van der Waals surface area (Å²) in [6, 6.07) is 5.09. The van der Waals surface area contributed by atoms with Gasteiger partial charge in [0.05, 0.1) is 25.4 Å². The van der Waals surface area contributed by atoms with E-state index >= 15 is 0 Å². The van der Waals surface area contributed by atoms with Gasteiger partial charge in [0.25, 0.3) is 0 Å². The highest BCUT2D eigenvalue weighted by molar-refractivity contribution is 6.31. The van der Waals surface area contributed by atoms with Crippen LogP contribution in [0, 0.1) is 0 Å². The van der Waals surface area contributed by atoms with Gasteiger partial charge in [-0.2, -0.15) is 0 Å². The molecule has 0 spiro atoms. The SMILES string of the molecule is COc1ccc(Cl)cc1NC(=O)CN1CCC(O)CC1. The van der Waals surface area contributed by atoms with Crippen molar-refractivity contribution in [2.45, 2.75) is 18.9 Å². The van der Waals surface area contributed by atoms with Gasteiger partial charge in [-0.3, -0.25) is 9.69 Å². The first-order valence-electron chi connectivity index (χ1n) is 6.62. The Hall–Kier alpha value is -1.30. The predicted molar refractivity (Wildman–Crippen MR) is 78.3 cm³/mol. The highest BCUT2D eigenvalue weighted by Gasteiger charge is 2.19. The average molecular weight is 299 g/mol. The monoisotopic (exact) mass is 298 g/mol. The Balaban J connectivity index is 1.92. The van der Waals surface area contributed by atoms with Crippen molar-refractivity contribution in [1.29, 1.82) is 0 Å². The van der Waals surface area contributed by atoms with Crippen LogP contribution >= 0.6 is 11.6 Å². The number of rotatable bonds is 4. The molecule has 1 amide bonds. The standard InChI is InChI=1S/C14H19ClN2O3/c1-20-13-3-2-10(15)8-12(13)16-14(19)9-17-6-4-11(18)5-7-17/h2-3,8,11,18H,4-7,9H2,1H3,(H,16,19). The van der Waals surface area contributed by atoms with Crippen LogP contribution in [0.15, 0.2) is 18.2 Å². The normalized spacial score (nSPS) is 16.9. The molecule has 1 aromatic rings. The third-order valence-corrected chi connectivity index (χ3v) is 3.60. The predicted octanol–water partition coefficient (Wildman–Crippen LogP) is 1.74. The molecule has 20 heavy (non-hydrogen) atoms. The molecule has 0 atom stereocenters. The molecule has 2 rings (SSSR count). The first-order chi connectivity index (χ1) is 9.58. The van der Waals surface area contributed by atoms with E-state index < -0.39 is 0 Å². The third-order valence-electron chi connectivity index (χ3n) is 3.36. The van der Waals surface area contributed by atoms with Gasteiger partial charge in [-0.25, -0.2) is 0 Å². The highest BCUT2D eigenvalue weighted by Crippen LogP contribution is 2.27. The number of anilines is 1. The Morgan fingerprint density at radius 2 is 2.20 bits per heavy atom. The van der Waals surface area contributed by atoms with Gasteiger partial charge in [-0.15, -0.1) is 0 Å². The Morgan fingerprint density at radius 3 is 2.85 bits per heavy atom. The molecule has 0 bridgehead atoms. The van der Waals surface area contributed by atoms with Crippen LogP contribution in [0.3, 0.4) is 0 Å². The van der Waals surface area contributed by atoms with Crippen LogP contribution < -0.4 is 10.1 Å². The van der Waals surface area contributed by atoms with E-state index in [4.69, 9.17) is 16.3 Å². The van der Waals surface area contributed by atoms with Gasteiger partial charge in [-0.1, -0.05) is 11.6 Å². The first kappa shape index (κ1) is 15.1. The quantitative estimate of drug-likeness (QED) is 0.889. The number of amides is 1. The second kappa shape index (κ2) is 6.92. The number of benzene rings is 1. The van der Waals surface area contributed by atoms with Crippen LogP contribution in [0.1, 0.15) is 12.8 Å². The molecule has 1 aromatic carbocycles. The summed E-state index contributed by atoms with van der Waals surface area (Å²) in [5, 5.41) is 12.8. The number of hydrogen-bond donors (Lipinski definition) is 2. The van der Waals surface area contributed by atoms with Crippen molar-refractivity contribution < 1.29 is 14.6 Å². The van der Waals surface area contributed by atoms with Crippen LogP contribution in [0.25, 0.3) is 0 Å². The van der Waals surface area contributed by atoms with Gasteiger partial charge < -0.3 is 15.2 Å². The maximum atomic E-state index is 12.0. The van der Waals surface area contributed by atoms with Crippen LogP contribution in [0.5, 0.6) is 5.75 Å². The zero-order valence-corrected chi connectivity index (χ0v) is 12.2. The number of carbonyl (C=O) groups excluding carboxylic acids is 1. The lowest BCUT2D eigenvalue weighted by Gasteiger charge is -2.28. The van der Waals surface area contributed by atoms with Crippen LogP contribution in [-0.2, 0) is 4.79 Å². The van der Waals surface area contributed by atoms with E-state index in [9.17, 15) is 9.90 Å². The molecule has 1 aliphatic heterocycles. The smallest absolute Gasteiger partial charge is 0.238 e. The molecular formula is C14H19ClN2O3. The first-order valence-corrected chi connectivity index (χ1v) is 7.00. The number of likely N-dealkylation sites (tertiary alicyclic amines) is 1. The molecule has 0 radical (unpaired) electrons. The molecule has 1 aliphatic rings. The van der Waals surface area contributed by atoms with Gasteiger partial charge >= 0.3 is 0 Å². The highest BCUT2D eigenvalue weighted by atomic mass is 35.5.